The molecule has 0 saturated carbocycles. The number of aromatic nitrogens is 1. The summed E-state index contributed by atoms with van der Waals surface area (Å²) >= 11 is 0. The number of anilines is 1. The summed E-state index contributed by atoms with van der Waals surface area (Å²) in [5, 5.41) is 21.7. The molecule has 0 aliphatic heterocycles. The van der Waals surface area contributed by atoms with Gasteiger partial charge in [0.05, 0.1) is 18.3 Å². The SMILES string of the molecule is COCC(O)CNc1nc2c(cc1C#N)CCC2. The van der Waals surface area contributed by atoms with Gasteiger partial charge in [0.15, 0.2) is 0 Å². The summed E-state index contributed by atoms with van der Waals surface area (Å²) in [4.78, 5) is 4.47. The monoisotopic (exact) mass is 247 g/mol. The second-order valence-corrected chi connectivity index (χ2v) is 4.45. The lowest BCUT2D eigenvalue weighted by Gasteiger charge is -2.13. The molecule has 0 saturated heterocycles. The van der Waals surface area contributed by atoms with Crippen molar-refractivity contribution in [3.63, 3.8) is 0 Å². The molecule has 0 bridgehead atoms. The highest BCUT2D eigenvalue weighted by atomic mass is 16.5. The van der Waals surface area contributed by atoms with Crippen LogP contribution in [0.4, 0.5) is 5.82 Å². The summed E-state index contributed by atoms with van der Waals surface area (Å²) in [6.45, 7) is 0.591. The first kappa shape index (κ1) is 12.8. The number of nitriles is 1. The minimum Gasteiger partial charge on any atom is -0.389 e. The average Bonchev–Trinajstić information content (AvgIpc) is 2.82. The van der Waals surface area contributed by atoms with E-state index < -0.39 is 6.10 Å². The second kappa shape index (κ2) is 5.80. The largest absolute Gasteiger partial charge is 0.389 e. The van der Waals surface area contributed by atoms with Gasteiger partial charge < -0.3 is 15.2 Å². The van der Waals surface area contributed by atoms with Gasteiger partial charge in [0.1, 0.15) is 11.9 Å². The molecule has 0 spiro atoms. The molecule has 0 aromatic carbocycles. The quantitative estimate of drug-likeness (QED) is 0.807. The highest BCUT2D eigenvalue weighted by molar-refractivity contribution is 5.55. The van der Waals surface area contributed by atoms with E-state index in [1.165, 1.54) is 12.7 Å². The van der Waals surface area contributed by atoms with E-state index in [4.69, 9.17) is 10.00 Å². The van der Waals surface area contributed by atoms with E-state index in [1.54, 1.807) is 0 Å². The van der Waals surface area contributed by atoms with Crippen molar-refractivity contribution in [3.05, 3.63) is 22.9 Å². The van der Waals surface area contributed by atoms with Gasteiger partial charge in [-0.15, -0.1) is 0 Å². The number of nitrogens with one attached hydrogen (secondary N) is 1. The number of rotatable bonds is 5. The van der Waals surface area contributed by atoms with Gasteiger partial charge in [0, 0.05) is 19.3 Å². The summed E-state index contributed by atoms with van der Waals surface area (Å²) in [5.41, 5.74) is 2.78. The van der Waals surface area contributed by atoms with Crippen LogP contribution in [-0.4, -0.2) is 36.5 Å². The van der Waals surface area contributed by atoms with Gasteiger partial charge in [0.25, 0.3) is 0 Å². The van der Waals surface area contributed by atoms with Crippen molar-refractivity contribution >= 4 is 5.82 Å². The highest BCUT2D eigenvalue weighted by Gasteiger charge is 2.16. The zero-order valence-corrected chi connectivity index (χ0v) is 10.4. The molecule has 1 aromatic rings. The lowest BCUT2D eigenvalue weighted by molar-refractivity contribution is 0.0727. The van der Waals surface area contributed by atoms with Crippen molar-refractivity contribution < 1.29 is 9.84 Å². The first-order valence-corrected chi connectivity index (χ1v) is 6.08. The van der Waals surface area contributed by atoms with E-state index in [1.807, 2.05) is 6.07 Å². The molecule has 1 atom stereocenters. The van der Waals surface area contributed by atoms with Crippen LogP contribution >= 0.6 is 0 Å². The summed E-state index contributed by atoms with van der Waals surface area (Å²) in [7, 11) is 1.54. The Bertz CT molecular complexity index is 468. The molecule has 1 heterocycles. The maximum atomic E-state index is 9.57. The molecule has 0 amide bonds. The topological polar surface area (TPSA) is 78.2 Å². The Hall–Kier alpha value is -1.64. The standard InChI is InChI=1S/C13H17N3O2/c1-18-8-11(17)7-15-13-10(6-14)5-9-3-2-4-12(9)16-13/h5,11,17H,2-4,7-8H2,1H3,(H,15,16). The number of pyridine rings is 1. The Morgan fingerprint density at radius 1 is 1.61 bits per heavy atom. The Kier molecular flexibility index (Phi) is 4.13. The molecule has 1 aromatic heterocycles. The Morgan fingerprint density at radius 3 is 3.17 bits per heavy atom. The van der Waals surface area contributed by atoms with Crippen molar-refractivity contribution in [3.8, 4) is 6.07 Å². The van der Waals surface area contributed by atoms with Crippen molar-refractivity contribution in [2.75, 3.05) is 25.6 Å². The number of methoxy groups -OCH3 is 1. The summed E-state index contributed by atoms with van der Waals surface area (Å²) in [5.74, 6) is 0.563. The van der Waals surface area contributed by atoms with E-state index in [2.05, 4.69) is 16.4 Å². The lowest BCUT2D eigenvalue weighted by atomic mass is 10.1. The minimum absolute atomic E-state index is 0.264. The zero-order chi connectivity index (χ0) is 13.0. The van der Waals surface area contributed by atoms with Crippen LogP contribution in [0.3, 0.4) is 0 Å². The normalized spacial score (nSPS) is 14.9. The highest BCUT2D eigenvalue weighted by Crippen LogP contribution is 2.24. The molecule has 5 nitrogen and oxygen atoms in total. The number of aliphatic hydroxyl groups is 1. The first-order valence-electron chi connectivity index (χ1n) is 6.08. The van der Waals surface area contributed by atoms with Gasteiger partial charge in [0.2, 0.25) is 0 Å². The van der Waals surface area contributed by atoms with Gasteiger partial charge in [-0.2, -0.15) is 5.26 Å². The Morgan fingerprint density at radius 2 is 2.44 bits per heavy atom. The third kappa shape index (κ3) is 2.78. The van der Waals surface area contributed by atoms with Crippen LogP contribution in [0.2, 0.25) is 0 Å². The summed E-state index contributed by atoms with van der Waals surface area (Å²) in [6, 6.07) is 4.05. The second-order valence-electron chi connectivity index (χ2n) is 4.45. The Balaban J connectivity index is 2.10. The molecule has 18 heavy (non-hydrogen) atoms. The van der Waals surface area contributed by atoms with Crippen LogP contribution in [0.15, 0.2) is 6.07 Å². The van der Waals surface area contributed by atoms with Gasteiger partial charge in [-0.25, -0.2) is 4.98 Å². The molecule has 1 aliphatic rings. The fourth-order valence-electron chi connectivity index (χ4n) is 2.16. The van der Waals surface area contributed by atoms with Crippen molar-refractivity contribution in [2.24, 2.45) is 0 Å². The third-order valence-electron chi connectivity index (χ3n) is 3.04. The fourth-order valence-corrected chi connectivity index (χ4v) is 2.16. The molecular formula is C13H17N3O2. The van der Waals surface area contributed by atoms with E-state index >= 15 is 0 Å². The van der Waals surface area contributed by atoms with Crippen LogP contribution in [0, 0.1) is 11.3 Å². The third-order valence-corrected chi connectivity index (χ3v) is 3.04. The lowest BCUT2D eigenvalue weighted by Crippen LogP contribution is -2.25. The van der Waals surface area contributed by atoms with E-state index in [9.17, 15) is 5.11 Å². The van der Waals surface area contributed by atoms with Gasteiger partial charge in [-0.3, -0.25) is 0 Å². The van der Waals surface area contributed by atoms with Crippen LogP contribution in [0.5, 0.6) is 0 Å². The average molecular weight is 247 g/mol. The number of hydrogen-bond donors (Lipinski definition) is 2. The number of aryl methyl sites for hydroxylation is 2. The van der Waals surface area contributed by atoms with Crippen LogP contribution in [0.1, 0.15) is 23.2 Å². The van der Waals surface area contributed by atoms with Crippen LogP contribution < -0.4 is 5.32 Å². The van der Waals surface area contributed by atoms with Crippen molar-refractivity contribution in [1.82, 2.24) is 4.98 Å². The van der Waals surface area contributed by atoms with E-state index in [0.29, 0.717) is 17.9 Å². The number of fused-ring (bicyclic) bond motifs is 1. The molecule has 96 valence electrons. The predicted molar refractivity (Wildman–Crippen MR) is 67.3 cm³/mol. The molecule has 1 aliphatic carbocycles. The number of nitrogens with zero attached hydrogens (tertiary/aromatic N) is 2. The fraction of sp³-hybridized carbons (Fsp3) is 0.538. The van der Waals surface area contributed by atoms with Crippen LogP contribution in [0.25, 0.3) is 0 Å². The van der Waals surface area contributed by atoms with Crippen molar-refractivity contribution in [1.29, 1.82) is 5.26 Å². The van der Waals surface area contributed by atoms with E-state index in [-0.39, 0.29) is 6.61 Å². The van der Waals surface area contributed by atoms with Gasteiger partial charge >= 0.3 is 0 Å². The maximum Gasteiger partial charge on any atom is 0.144 e. The summed E-state index contributed by atoms with van der Waals surface area (Å²) in [6.07, 6.45) is 2.47. The minimum atomic E-state index is -0.600. The van der Waals surface area contributed by atoms with Crippen molar-refractivity contribution in [2.45, 2.75) is 25.4 Å². The zero-order valence-electron chi connectivity index (χ0n) is 10.4. The number of aliphatic hydroxyl groups excluding tert-OH is 1. The molecule has 0 radical (unpaired) electrons. The first-order chi connectivity index (χ1) is 8.74. The summed E-state index contributed by atoms with van der Waals surface area (Å²) < 4.78 is 4.85. The molecule has 0 fully saturated rings. The predicted octanol–water partition coefficient (Wildman–Crippen LogP) is 0.861. The number of hydrogen-bond acceptors (Lipinski definition) is 5. The molecule has 2 rings (SSSR count). The number of ether oxygens (including phenoxy) is 1. The molecular weight excluding hydrogens is 230 g/mol. The van der Waals surface area contributed by atoms with E-state index in [0.717, 1.165) is 25.0 Å². The molecule has 1 unspecified atom stereocenters. The molecule has 2 N–H and O–H groups in total. The van der Waals surface area contributed by atoms with Gasteiger partial charge in [-0.1, -0.05) is 0 Å². The molecule has 5 heteroatoms. The van der Waals surface area contributed by atoms with Crippen LogP contribution in [-0.2, 0) is 17.6 Å². The Labute approximate surface area is 106 Å². The maximum absolute atomic E-state index is 9.57. The van der Waals surface area contributed by atoms with Gasteiger partial charge in [-0.05, 0) is 30.9 Å². The smallest absolute Gasteiger partial charge is 0.144 e.